The van der Waals surface area contributed by atoms with Crippen molar-refractivity contribution in [1.29, 1.82) is 0 Å². The van der Waals surface area contributed by atoms with E-state index >= 15 is 0 Å². The van der Waals surface area contributed by atoms with E-state index in [4.69, 9.17) is 4.74 Å². The number of ether oxygens (including phenoxy) is 1. The van der Waals surface area contributed by atoms with Gasteiger partial charge in [-0.15, -0.1) is 0 Å². The summed E-state index contributed by atoms with van der Waals surface area (Å²) in [6.07, 6.45) is 5.76. The molecule has 3 rings (SSSR count). The van der Waals surface area contributed by atoms with Crippen LogP contribution >= 0.6 is 0 Å². The van der Waals surface area contributed by atoms with Gasteiger partial charge in [0.05, 0.1) is 18.5 Å². The molecule has 2 aliphatic heterocycles. The normalized spacial score (nSPS) is 24.7. The monoisotopic (exact) mass is 390 g/mol. The third-order valence-corrected chi connectivity index (χ3v) is 7.51. The molecule has 148 valence electrons. The molecule has 2 heterocycles. The average molecular weight is 391 g/mol. The Balaban J connectivity index is 1.77. The van der Waals surface area contributed by atoms with Crippen LogP contribution in [0.4, 0.5) is 0 Å². The number of hydrogen-bond acceptors (Lipinski definition) is 4. The fraction of sp³-hybridized carbons (Fsp3) is 0.545. The number of rotatable bonds is 7. The van der Waals surface area contributed by atoms with Crippen molar-refractivity contribution in [2.45, 2.75) is 57.8 Å². The first-order chi connectivity index (χ1) is 12.8. The van der Waals surface area contributed by atoms with E-state index in [1.807, 2.05) is 12.1 Å². The summed E-state index contributed by atoms with van der Waals surface area (Å²) < 4.78 is 30.9. The Bertz CT molecular complexity index is 849. The number of sulfone groups is 1. The van der Waals surface area contributed by atoms with Gasteiger partial charge in [0.1, 0.15) is 11.0 Å². The average Bonchev–Trinajstić information content (AvgIpc) is 3.13. The summed E-state index contributed by atoms with van der Waals surface area (Å²) in [6, 6.07) is 7.27. The molecule has 0 amide bonds. The van der Waals surface area contributed by atoms with Crippen LogP contribution in [0, 0.1) is 5.92 Å². The molecule has 0 aromatic heterocycles. The molecule has 0 saturated carbocycles. The maximum absolute atomic E-state index is 12.5. The molecule has 1 aromatic rings. The van der Waals surface area contributed by atoms with Gasteiger partial charge in [-0.3, -0.25) is 0 Å². The topological polar surface area (TPSA) is 63.6 Å². The zero-order chi connectivity index (χ0) is 19.6. The summed E-state index contributed by atoms with van der Waals surface area (Å²) in [5.41, 5.74) is 4.41. The standard InChI is InChI=1S/C22H30O4S/c1-4-6-16(11-17-7-5-8-18(23)12-17)9-10-20-22-19(15(2)3)14-27(24,25)21(22)13-26-20/h5,7-8,11-12,15,20-21,23H,4,6,9-10,13-14H2,1-3H3/b16-11+/t20-,21+/m1/s1. The van der Waals surface area contributed by atoms with Gasteiger partial charge in [-0.1, -0.05) is 51.0 Å². The smallest absolute Gasteiger partial charge is 0.163 e. The van der Waals surface area contributed by atoms with Crippen LogP contribution in [0.3, 0.4) is 0 Å². The van der Waals surface area contributed by atoms with E-state index in [1.165, 1.54) is 5.57 Å². The first-order valence-corrected chi connectivity index (χ1v) is 11.6. The Morgan fingerprint density at radius 3 is 2.78 bits per heavy atom. The van der Waals surface area contributed by atoms with Gasteiger partial charge in [0, 0.05) is 0 Å². The summed E-state index contributed by atoms with van der Waals surface area (Å²) >= 11 is 0. The third-order valence-electron chi connectivity index (χ3n) is 5.54. The number of fused-ring (bicyclic) bond motifs is 1. The molecule has 0 bridgehead atoms. The summed E-state index contributed by atoms with van der Waals surface area (Å²) in [5, 5.41) is 9.25. The highest BCUT2D eigenvalue weighted by atomic mass is 32.2. The van der Waals surface area contributed by atoms with Crippen LogP contribution in [0.2, 0.25) is 0 Å². The van der Waals surface area contributed by atoms with E-state index in [0.717, 1.165) is 42.4 Å². The summed E-state index contributed by atoms with van der Waals surface area (Å²) in [5.74, 6) is 0.706. The van der Waals surface area contributed by atoms with Crippen molar-refractivity contribution in [2.24, 2.45) is 5.92 Å². The number of allylic oxidation sites excluding steroid dienone is 1. The maximum Gasteiger partial charge on any atom is 0.163 e. The van der Waals surface area contributed by atoms with Crippen LogP contribution in [0.1, 0.15) is 52.0 Å². The summed E-state index contributed by atoms with van der Waals surface area (Å²) in [7, 11) is -3.09. The van der Waals surface area contributed by atoms with Gasteiger partial charge in [0.25, 0.3) is 0 Å². The first kappa shape index (κ1) is 20.2. The maximum atomic E-state index is 12.5. The van der Waals surface area contributed by atoms with Crippen LogP contribution in [0.15, 0.2) is 41.0 Å². The molecule has 1 N–H and O–H groups in total. The molecule has 0 radical (unpaired) electrons. The van der Waals surface area contributed by atoms with Crippen molar-refractivity contribution >= 4 is 15.9 Å². The second-order valence-electron chi connectivity index (χ2n) is 7.94. The minimum absolute atomic E-state index is 0.0888. The zero-order valence-electron chi connectivity index (χ0n) is 16.4. The van der Waals surface area contributed by atoms with E-state index in [2.05, 4.69) is 26.8 Å². The van der Waals surface area contributed by atoms with Crippen molar-refractivity contribution in [2.75, 3.05) is 12.4 Å². The predicted octanol–water partition coefficient (Wildman–Crippen LogP) is 4.50. The Morgan fingerprint density at radius 1 is 1.33 bits per heavy atom. The van der Waals surface area contributed by atoms with Crippen LogP contribution in [-0.2, 0) is 14.6 Å². The Hall–Kier alpha value is -1.59. The van der Waals surface area contributed by atoms with Crippen molar-refractivity contribution in [3.8, 4) is 5.75 Å². The van der Waals surface area contributed by atoms with Gasteiger partial charge in [-0.2, -0.15) is 0 Å². The minimum atomic E-state index is -3.09. The molecule has 27 heavy (non-hydrogen) atoms. The Labute approximate surface area is 162 Å². The lowest BCUT2D eigenvalue weighted by molar-refractivity contribution is 0.117. The number of aromatic hydroxyl groups is 1. The van der Waals surface area contributed by atoms with E-state index in [-0.39, 0.29) is 23.5 Å². The number of phenolic OH excluding ortho intramolecular Hbond substituents is 1. The summed E-state index contributed by atoms with van der Waals surface area (Å²) in [6.45, 7) is 6.60. The fourth-order valence-electron chi connectivity index (χ4n) is 4.20. The third kappa shape index (κ3) is 4.46. The van der Waals surface area contributed by atoms with Crippen molar-refractivity contribution in [3.63, 3.8) is 0 Å². The van der Waals surface area contributed by atoms with Gasteiger partial charge in [-0.05, 0) is 54.0 Å². The van der Waals surface area contributed by atoms with Crippen molar-refractivity contribution < 1.29 is 18.3 Å². The predicted molar refractivity (Wildman–Crippen MR) is 109 cm³/mol. The highest BCUT2D eigenvalue weighted by molar-refractivity contribution is 7.92. The molecule has 4 nitrogen and oxygen atoms in total. The van der Waals surface area contributed by atoms with Gasteiger partial charge in [-0.25, -0.2) is 8.42 Å². The van der Waals surface area contributed by atoms with E-state index in [1.54, 1.807) is 12.1 Å². The molecular weight excluding hydrogens is 360 g/mol. The van der Waals surface area contributed by atoms with Crippen LogP contribution in [0.5, 0.6) is 5.75 Å². The largest absolute Gasteiger partial charge is 0.508 e. The highest BCUT2D eigenvalue weighted by Gasteiger charge is 2.47. The SMILES string of the molecule is CCC/C(=C\c1cccc(O)c1)CC[C@H]1OC[C@H]2C1=C(C(C)C)CS2(=O)=O. The zero-order valence-corrected chi connectivity index (χ0v) is 17.3. The lowest BCUT2D eigenvalue weighted by atomic mass is 9.91. The first-order valence-electron chi connectivity index (χ1n) is 9.86. The number of phenols is 1. The Kier molecular flexibility index (Phi) is 6.11. The number of benzene rings is 1. The quantitative estimate of drug-likeness (QED) is 0.696. The second kappa shape index (κ2) is 8.19. The van der Waals surface area contributed by atoms with Crippen molar-refractivity contribution in [1.82, 2.24) is 0 Å². The van der Waals surface area contributed by atoms with Crippen LogP contribution in [-0.4, -0.2) is 37.2 Å². The molecule has 1 aromatic carbocycles. The molecule has 2 aliphatic rings. The van der Waals surface area contributed by atoms with Gasteiger partial charge >= 0.3 is 0 Å². The number of hydrogen-bond donors (Lipinski definition) is 1. The lowest BCUT2D eigenvalue weighted by Crippen LogP contribution is -2.19. The summed E-state index contributed by atoms with van der Waals surface area (Å²) in [4.78, 5) is 0. The minimum Gasteiger partial charge on any atom is -0.508 e. The van der Waals surface area contributed by atoms with Gasteiger partial charge < -0.3 is 9.84 Å². The molecule has 1 saturated heterocycles. The molecule has 1 fully saturated rings. The molecule has 2 atom stereocenters. The van der Waals surface area contributed by atoms with Crippen LogP contribution < -0.4 is 0 Å². The van der Waals surface area contributed by atoms with Crippen LogP contribution in [0.25, 0.3) is 6.08 Å². The molecular formula is C22H30O4S. The fourth-order valence-corrected chi connectivity index (χ4v) is 6.31. The van der Waals surface area contributed by atoms with Gasteiger partial charge in [0.2, 0.25) is 0 Å². The van der Waals surface area contributed by atoms with E-state index in [9.17, 15) is 13.5 Å². The molecule has 5 heteroatoms. The Morgan fingerprint density at radius 2 is 2.11 bits per heavy atom. The second-order valence-corrected chi connectivity index (χ2v) is 10.1. The van der Waals surface area contributed by atoms with E-state index in [0.29, 0.717) is 6.61 Å². The van der Waals surface area contributed by atoms with Gasteiger partial charge in [0.15, 0.2) is 9.84 Å². The molecule has 0 spiro atoms. The molecule has 0 aliphatic carbocycles. The van der Waals surface area contributed by atoms with Crippen molar-refractivity contribution in [3.05, 3.63) is 46.5 Å². The lowest BCUT2D eigenvalue weighted by Gasteiger charge is -2.17. The highest BCUT2D eigenvalue weighted by Crippen LogP contribution is 2.41. The van der Waals surface area contributed by atoms with E-state index < -0.39 is 15.1 Å². The molecule has 0 unspecified atom stereocenters.